The quantitative estimate of drug-likeness (QED) is 0.480. The van der Waals surface area contributed by atoms with Gasteiger partial charge in [-0.05, 0) is 13.1 Å². The second kappa shape index (κ2) is 3.89. The molecule has 0 saturated carbocycles. The molecule has 0 aromatic carbocycles. The van der Waals surface area contributed by atoms with Gasteiger partial charge in [-0.25, -0.2) is 0 Å². The van der Waals surface area contributed by atoms with Gasteiger partial charge in [-0.2, -0.15) is 0 Å². The van der Waals surface area contributed by atoms with Crippen LogP contribution in [0.3, 0.4) is 0 Å². The highest BCUT2D eigenvalue weighted by molar-refractivity contribution is 7.38. The molecule has 4 heteroatoms. The van der Waals surface area contributed by atoms with Crippen LogP contribution >= 0.6 is 8.58 Å². The zero-order chi connectivity index (χ0) is 8.43. The van der Waals surface area contributed by atoms with Crippen molar-refractivity contribution in [2.75, 3.05) is 6.66 Å². The zero-order valence-corrected chi connectivity index (χ0v) is 7.95. The first-order valence-electron chi connectivity index (χ1n) is 3.97. The highest BCUT2D eigenvalue weighted by Crippen LogP contribution is 2.33. The number of ether oxygens (including phenoxy) is 1. The third kappa shape index (κ3) is 1.77. The van der Waals surface area contributed by atoms with E-state index < -0.39 is 12.1 Å². The summed E-state index contributed by atoms with van der Waals surface area (Å²) < 4.78 is 5.36. The average Bonchev–Trinajstić information content (AvgIpc) is 2.28. The minimum atomic E-state index is -0.461. The van der Waals surface area contributed by atoms with E-state index >= 15 is 0 Å². The molecule has 0 amide bonds. The molecule has 0 spiro atoms. The van der Waals surface area contributed by atoms with Gasteiger partial charge in [-0.3, -0.25) is 0 Å². The van der Waals surface area contributed by atoms with Gasteiger partial charge in [-0.1, -0.05) is 6.92 Å². The van der Waals surface area contributed by atoms with Gasteiger partial charge >= 0.3 is 0 Å². The Balaban J connectivity index is 2.57. The van der Waals surface area contributed by atoms with Gasteiger partial charge in [0.25, 0.3) is 0 Å². The summed E-state index contributed by atoms with van der Waals surface area (Å²) in [4.78, 5) is 0. The van der Waals surface area contributed by atoms with E-state index in [-0.39, 0.29) is 11.8 Å². The highest BCUT2D eigenvalue weighted by atomic mass is 31.1. The lowest BCUT2D eigenvalue weighted by Gasteiger charge is -2.16. The van der Waals surface area contributed by atoms with Crippen LogP contribution in [0.5, 0.6) is 0 Å². The molecule has 2 nitrogen and oxygen atoms in total. The van der Waals surface area contributed by atoms with Gasteiger partial charge < -0.3 is 9.84 Å². The van der Waals surface area contributed by atoms with Crippen LogP contribution in [0.4, 0.5) is 0 Å². The Hall–Kier alpha value is 0.415. The van der Waals surface area contributed by atoms with Crippen LogP contribution in [0, 0.1) is 0 Å². The van der Waals surface area contributed by atoms with Crippen molar-refractivity contribution in [3.8, 4) is 0 Å². The third-order valence-corrected chi connectivity index (χ3v) is 3.55. The summed E-state index contributed by atoms with van der Waals surface area (Å²) in [6.45, 7) is 4.14. The molecule has 0 aliphatic carbocycles. The molecule has 0 aromatic rings. The van der Waals surface area contributed by atoms with Crippen molar-refractivity contribution in [2.24, 2.45) is 0 Å². The summed E-state index contributed by atoms with van der Waals surface area (Å²) in [5, 5.41) is 9.52. The Morgan fingerprint density at radius 3 is 2.64 bits per heavy atom. The number of aliphatic hydroxyl groups is 1. The molecule has 62 valence electrons. The van der Waals surface area contributed by atoms with Crippen molar-refractivity contribution in [1.82, 2.24) is 0 Å². The van der Waals surface area contributed by atoms with E-state index in [0.717, 1.165) is 6.42 Å². The molecule has 11 heavy (non-hydrogen) atoms. The first kappa shape index (κ1) is 9.50. The fraction of sp³-hybridized carbons (Fsp3) is 1.00. The maximum atomic E-state index is 9.52. The molecule has 1 rings (SSSR count). The summed E-state index contributed by atoms with van der Waals surface area (Å²) >= 11 is 0. The van der Waals surface area contributed by atoms with Gasteiger partial charge in [0.2, 0.25) is 0 Å². The molecule has 1 heterocycles. The number of hydrogen-bond acceptors (Lipinski definition) is 2. The normalized spacial score (nSPS) is 45.7. The Morgan fingerprint density at radius 1 is 1.64 bits per heavy atom. The largest absolute Gasteiger partial charge is 0.391 e. The molecule has 0 aromatic heterocycles. The molecule has 2 radical (unpaired) electrons. The van der Waals surface area contributed by atoms with Crippen LogP contribution in [0.25, 0.3) is 0 Å². The van der Waals surface area contributed by atoms with Crippen LogP contribution in [0.2, 0.25) is 0 Å². The third-order valence-electron chi connectivity index (χ3n) is 2.17. The van der Waals surface area contributed by atoms with E-state index in [9.17, 15) is 5.11 Å². The molecule has 1 saturated heterocycles. The van der Waals surface area contributed by atoms with Gasteiger partial charge in [0, 0.05) is 11.7 Å². The number of aliphatic hydroxyl groups excluding tert-OH is 1. The molecule has 1 N–H and O–H groups in total. The summed E-state index contributed by atoms with van der Waals surface area (Å²) in [5.41, 5.74) is 0.259. The van der Waals surface area contributed by atoms with Crippen molar-refractivity contribution in [1.29, 1.82) is 0 Å². The van der Waals surface area contributed by atoms with E-state index in [1.54, 1.807) is 0 Å². The smallest absolute Gasteiger partial charge is 0.112 e. The first-order chi connectivity index (χ1) is 5.20. The van der Waals surface area contributed by atoms with Crippen molar-refractivity contribution in [2.45, 2.75) is 37.2 Å². The second-order valence-corrected chi connectivity index (χ2v) is 4.10. The lowest BCUT2D eigenvalue weighted by molar-refractivity contribution is 0.0589. The van der Waals surface area contributed by atoms with Crippen molar-refractivity contribution in [3.63, 3.8) is 0 Å². The summed E-state index contributed by atoms with van der Waals surface area (Å²) in [6.07, 6.45) is 0.655. The minimum absolute atomic E-state index is 0.170. The maximum absolute atomic E-state index is 9.52. The van der Waals surface area contributed by atoms with Crippen molar-refractivity contribution in [3.05, 3.63) is 0 Å². The summed E-state index contributed by atoms with van der Waals surface area (Å²) in [7, 11) is 6.25. The van der Waals surface area contributed by atoms with E-state index in [4.69, 9.17) is 12.6 Å². The van der Waals surface area contributed by atoms with Crippen molar-refractivity contribution >= 4 is 16.4 Å². The monoisotopic (exact) mass is 172 g/mol. The molecule has 1 aliphatic heterocycles. The summed E-state index contributed by atoms with van der Waals surface area (Å²) in [6, 6.07) is -0.461. The fourth-order valence-corrected chi connectivity index (χ4v) is 2.72. The SMILES string of the molecule is [B][C@@H]1O[C@H](CC)C(PC)C1O. The van der Waals surface area contributed by atoms with Crippen LogP contribution in [-0.2, 0) is 4.74 Å². The van der Waals surface area contributed by atoms with Gasteiger partial charge in [-0.15, -0.1) is 8.58 Å². The standard InChI is InChI=1S/C7H14BO2P/c1-3-4-6(11-2)5(9)7(8)10-4/h4-7,9,11H,3H2,1-2H3/t4-,5?,6?,7-/m1/s1. The van der Waals surface area contributed by atoms with Crippen LogP contribution in [0.15, 0.2) is 0 Å². The predicted octanol–water partition coefficient (Wildman–Crippen LogP) is 0.328. The zero-order valence-electron chi connectivity index (χ0n) is 6.95. The van der Waals surface area contributed by atoms with E-state index in [1.807, 2.05) is 0 Å². The minimum Gasteiger partial charge on any atom is -0.391 e. The average molecular weight is 172 g/mol. The van der Waals surface area contributed by atoms with Gasteiger partial charge in [0.15, 0.2) is 0 Å². The Morgan fingerprint density at radius 2 is 2.27 bits per heavy atom. The molecule has 1 aliphatic rings. The molecule has 5 atom stereocenters. The van der Waals surface area contributed by atoms with Crippen LogP contribution in [-0.4, -0.2) is 43.5 Å². The predicted molar refractivity (Wildman–Crippen MR) is 48.7 cm³/mol. The topological polar surface area (TPSA) is 29.5 Å². The fourth-order valence-electron chi connectivity index (χ4n) is 1.50. The maximum Gasteiger partial charge on any atom is 0.112 e. The molecular weight excluding hydrogens is 158 g/mol. The molecule has 3 unspecified atom stereocenters. The molecule has 1 fully saturated rings. The van der Waals surface area contributed by atoms with E-state index in [0.29, 0.717) is 8.58 Å². The van der Waals surface area contributed by atoms with Crippen LogP contribution < -0.4 is 0 Å². The lowest BCUT2D eigenvalue weighted by Crippen LogP contribution is -2.28. The molecule has 0 bridgehead atoms. The first-order valence-corrected chi connectivity index (χ1v) is 5.54. The van der Waals surface area contributed by atoms with E-state index in [2.05, 4.69) is 13.6 Å². The van der Waals surface area contributed by atoms with E-state index in [1.165, 1.54) is 0 Å². The summed E-state index contributed by atoms with van der Waals surface area (Å²) in [5.74, 6) is 0. The Bertz CT molecular complexity index is 134. The van der Waals surface area contributed by atoms with Crippen molar-refractivity contribution < 1.29 is 9.84 Å². The highest BCUT2D eigenvalue weighted by Gasteiger charge is 2.38. The number of rotatable bonds is 2. The number of hydrogen-bond donors (Lipinski definition) is 1. The second-order valence-electron chi connectivity index (χ2n) is 2.85. The van der Waals surface area contributed by atoms with Gasteiger partial charge in [0.05, 0.1) is 12.2 Å². The lowest BCUT2D eigenvalue weighted by atomic mass is 9.94. The van der Waals surface area contributed by atoms with Crippen LogP contribution in [0.1, 0.15) is 13.3 Å². The van der Waals surface area contributed by atoms with Gasteiger partial charge in [0.1, 0.15) is 7.85 Å². The Kier molecular flexibility index (Phi) is 3.36. The molecular formula is C7H14BO2P. The Labute approximate surface area is 70.9 Å².